The minimum Gasteiger partial charge on any atom is -0.344 e. The Morgan fingerprint density at radius 1 is 1.27 bits per heavy atom. The van der Waals surface area contributed by atoms with Gasteiger partial charge in [-0.15, -0.1) is 0 Å². The SMILES string of the molecule is CC1(C)OC2CCNCC2O1. The lowest BCUT2D eigenvalue weighted by Crippen LogP contribution is -2.41. The third-order valence-electron chi connectivity index (χ3n) is 2.24. The van der Waals surface area contributed by atoms with Crippen LogP contribution < -0.4 is 5.32 Å². The van der Waals surface area contributed by atoms with Crippen molar-refractivity contribution in [3.63, 3.8) is 0 Å². The third kappa shape index (κ3) is 1.41. The molecule has 2 rings (SSSR count). The van der Waals surface area contributed by atoms with Gasteiger partial charge in [0.15, 0.2) is 5.79 Å². The van der Waals surface area contributed by atoms with E-state index in [1.54, 1.807) is 0 Å². The highest BCUT2D eigenvalue weighted by atomic mass is 16.8. The predicted octanol–water partition coefficient (Wildman–Crippen LogP) is 0.500. The molecule has 0 saturated carbocycles. The van der Waals surface area contributed by atoms with Crippen LogP contribution in [-0.2, 0) is 9.47 Å². The summed E-state index contributed by atoms with van der Waals surface area (Å²) < 4.78 is 11.4. The molecule has 0 amide bonds. The fourth-order valence-corrected chi connectivity index (χ4v) is 1.82. The number of piperidine rings is 1. The molecule has 3 nitrogen and oxygen atoms in total. The van der Waals surface area contributed by atoms with E-state index in [0.29, 0.717) is 6.10 Å². The Morgan fingerprint density at radius 2 is 2.00 bits per heavy atom. The van der Waals surface area contributed by atoms with Crippen molar-refractivity contribution >= 4 is 0 Å². The lowest BCUT2D eigenvalue weighted by atomic mass is 10.1. The average molecular weight is 157 g/mol. The Hall–Kier alpha value is -0.120. The second kappa shape index (κ2) is 2.44. The molecular formula is C8H15NO2. The van der Waals surface area contributed by atoms with Crippen LogP contribution in [0.5, 0.6) is 0 Å². The van der Waals surface area contributed by atoms with Gasteiger partial charge in [-0.05, 0) is 26.8 Å². The molecule has 1 N–H and O–H groups in total. The molecule has 0 radical (unpaired) electrons. The summed E-state index contributed by atoms with van der Waals surface area (Å²) in [7, 11) is 0. The molecule has 0 spiro atoms. The smallest absolute Gasteiger partial charge is 0.163 e. The van der Waals surface area contributed by atoms with Crippen LogP contribution in [0, 0.1) is 0 Å². The van der Waals surface area contributed by atoms with Gasteiger partial charge in [0, 0.05) is 6.54 Å². The number of ether oxygens (including phenoxy) is 2. The van der Waals surface area contributed by atoms with Gasteiger partial charge in [0.2, 0.25) is 0 Å². The molecule has 2 aliphatic heterocycles. The number of hydrogen-bond donors (Lipinski definition) is 1. The summed E-state index contributed by atoms with van der Waals surface area (Å²) in [6.45, 7) is 5.95. The Kier molecular flexibility index (Phi) is 1.67. The van der Waals surface area contributed by atoms with E-state index in [0.717, 1.165) is 19.5 Å². The van der Waals surface area contributed by atoms with Gasteiger partial charge >= 0.3 is 0 Å². The lowest BCUT2D eigenvalue weighted by Gasteiger charge is -2.22. The van der Waals surface area contributed by atoms with Crippen LogP contribution in [0.3, 0.4) is 0 Å². The van der Waals surface area contributed by atoms with Gasteiger partial charge in [-0.2, -0.15) is 0 Å². The van der Waals surface area contributed by atoms with E-state index < -0.39 is 0 Å². The van der Waals surface area contributed by atoms with Crippen LogP contribution in [0.25, 0.3) is 0 Å². The second-order valence-corrected chi connectivity index (χ2v) is 3.71. The van der Waals surface area contributed by atoms with E-state index >= 15 is 0 Å². The zero-order valence-corrected chi connectivity index (χ0v) is 7.09. The fraction of sp³-hybridized carbons (Fsp3) is 1.00. The van der Waals surface area contributed by atoms with Gasteiger partial charge in [-0.1, -0.05) is 0 Å². The predicted molar refractivity (Wildman–Crippen MR) is 41.3 cm³/mol. The highest BCUT2D eigenvalue weighted by molar-refractivity contribution is 4.86. The first-order valence-electron chi connectivity index (χ1n) is 4.24. The van der Waals surface area contributed by atoms with Gasteiger partial charge in [-0.3, -0.25) is 0 Å². The lowest BCUT2D eigenvalue weighted by molar-refractivity contribution is -0.144. The average Bonchev–Trinajstić information content (AvgIpc) is 2.21. The van der Waals surface area contributed by atoms with E-state index in [1.807, 2.05) is 13.8 Å². The highest BCUT2D eigenvalue weighted by Gasteiger charge is 2.41. The molecule has 2 aliphatic rings. The minimum absolute atomic E-state index is 0.277. The summed E-state index contributed by atoms with van der Waals surface area (Å²) in [6.07, 6.45) is 1.68. The molecule has 11 heavy (non-hydrogen) atoms. The minimum atomic E-state index is -0.360. The van der Waals surface area contributed by atoms with E-state index in [4.69, 9.17) is 9.47 Å². The summed E-state index contributed by atoms with van der Waals surface area (Å²) in [5.74, 6) is -0.360. The van der Waals surface area contributed by atoms with Crippen molar-refractivity contribution in [2.75, 3.05) is 13.1 Å². The van der Waals surface area contributed by atoms with Crippen molar-refractivity contribution in [3.8, 4) is 0 Å². The quantitative estimate of drug-likeness (QED) is 0.555. The second-order valence-electron chi connectivity index (χ2n) is 3.71. The molecule has 2 fully saturated rings. The van der Waals surface area contributed by atoms with Crippen molar-refractivity contribution < 1.29 is 9.47 Å². The van der Waals surface area contributed by atoms with Gasteiger partial charge in [-0.25, -0.2) is 0 Å². The molecular weight excluding hydrogens is 142 g/mol. The number of nitrogens with one attached hydrogen (secondary N) is 1. The summed E-state index contributed by atoms with van der Waals surface area (Å²) in [5, 5.41) is 3.29. The summed E-state index contributed by atoms with van der Waals surface area (Å²) in [5.41, 5.74) is 0. The third-order valence-corrected chi connectivity index (χ3v) is 2.24. The number of fused-ring (bicyclic) bond motifs is 1. The van der Waals surface area contributed by atoms with Crippen molar-refractivity contribution in [1.29, 1.82) is 0 Å². The van der Waals surface area contributed by atoms with Crippen molar-refractivity contribution in [3.05, 3.63) is 0 Å². The first-order valence-corrected chi connectivity index (χ1v) is 4.24. The van der Waals surface area contributed by atoms with Gasteiger partial charge in [0.05, 0.1) is 12.2 Å². The number of hydrogen-bond acceptors (Lipinski definition) is 3. The van der Waals surface area contributed by atoms with Gasteiger partial charge < -0.3 is 14.8 Å². The molecule has 0 aliphatic carbocycles. The van der Waals surface area contributed by atoms with Crippen LogP contribution in [-0.4, -0.2) is 31.1 Å². The van der Waals surface area contributed by atoms with Gasteiger partial charge in [0.25, 0.3) is 0 Å². The maximum absolute atomic E-state index is 5.69. The molecule has 2 atom stereocenters. The standard InChI is InChI=1S/C8H15NO2/c1-8(2)10-6-3-4-9-5-7(6)11-8/h6-7,9H,3-5H2,1-2H3. The Labute approximate surface area is 67.1 Å². The summed E-state index contributed by atoms with van der Waals surface area (Å²) in [6, 6.07) is 0. The van der Waals surface area contributed by atoms with Crippen molar-refractivity contribution in [2.45, 2.75) is 38.3 Å². The van der Waals surface area contributed by atoms with Gasteiger partial charge in [0.1, 0.15) is 0 Å². The summed E-state index contributed by atoms with van der Waals surface area (Å²) in [4.78, 5) is 0. The van der Waals surface area contributed by atoms with Crippen LogP contribution in [0.2, 0.25) is 0 Å². The molecule has 0 aromatic heterocycles. The first-order chi connectivity index (χ1) is 5.17. The van der Waals surface area contributed by atoms with Crippen molar-refractivity contribution in [1.82, 2.24) is 5.32 Å². The molecule has 0 bridgehead atoms. The van der Waals surface area contributed by atoms with Crippen LogP contribution in [0.15, 0.2) is 0 Å². The monoisotopic (exact) mass is 157 g/mol. The first kappa shape index (κ1) is 7.53. The van der Waals surface area contributed by atoms with E-state index in [-0.39, 0.29) is 11.9 Å². The molecule has 2 saturated heterocycles. The van der Waals surface area contributed by atoms with Crippen LogP contribution in [0.1, 0.15) is 20.3 Å². The van der Waals surface area contributed by atoms with Crippen LogP contribution >= 0.6 is 0 Å². The molecule has 0 aromatic rings. The van der Waals surface area contributed by atoms with Crippen LogP contribution in [0.4, 0.5) is 0 Å². The Morgan fingerprint density at radius 3 is 2.73 bits per heavy atom. The molecule has 3 heteroatoms. The zero-order chi connectivity index (χ0) is 7.90. The molecule has 0 aromatic carbocycles. The normalized spacial score (nSPS) is 42.0. The van der Waals surface area contributed by atoms with E-state index in [1.165, 1.54) is 0 Å². The molecule has 64 valence electrons. The van der Waals surface area contributed by atoms with E-state index in [9.17, 15) is 0 Å². The largest absolute Gasteiger partial charge is 0.344 e. The molecule has 2 unspecified atom stereocenters. The highest BCUT2D eigenvalue weighted by Crippen LogP contribution is 2.30. The summed E-state index contributed by atoms with van der Waals surface area (Å²) >= 11 is 0. The maximum Gasteiger partial charge on any atom is 0.163 e. The number of rotatable bonds is 0. The van der Waals surface area contributed by atoms with E-state index in [2.05, 4.69) is 5.32 Å². The fourth-order valence-electron chi connectivity index (χ4n) is 1.82. The topological polar surface area (TPSA) is 30.5 Å². The van der Waals surface area contributed by atoms with Crippen molar-refractivity contribution in [2.24, 2.45) is 0 Å². The Balaban J connectivity index is 2.03. The zero-order valence-electron chi connectivity index (χ0n) is 7.09. The maximum atomic E-state index is 5.69. The Bertz CT molecular complexity index is 142. The molecule has 2 heterocycles.